The molecule has 10 nitrogen and oxygen atoms in total. The van der Waals surface area contributed by atoms with E-state index in [1.54, 1.807) is 13.2 Å². The number of aromatic nitrogens is 2. The number of hydrogen-bond acceptors (Lipinski definition) is 8. The molecule has 0 spiro atoms. The molecule has 4 aliphatic heterocycles. The van der Waals surface area contributed by atoms with Crippen LogP contribution in [-0.2, 0) is 22.5 Å². The van der Waals surface area contributed by atoms with Crippen LogP contribution in [0.25, 0.3) is 15.6 Å². The highest BCUT2D eigenvalue weighted by Gasteiger charge is 2.49. The molecule has 0 aliphatic carbocycles. The van der Waals surface area contributed by atoms with Crippen LogP contribution in [0, 0.1) is 12.4 Å². The SMILES string of the molecule is [C-]#[N+]C[C@H]1CN(c2nc(OCC34CCCN3CC(OC)C4)nc3c2CCN(c2cccc4ccc(F)c(Cl)c24)C3)CCN1C(=O)C(=C)F. The number of amides is 1. The molecule has 3 atom stereocenters. The summed E-state index contributed by atoms with van der Waals surface area (Å²) in [5, 5.41) is 1.58. The predicted molar refractivity (Wildman–Crippen MR) is 180 cm³/mol. The first-order chi connectivity index (χ1) is 23.2. The molecular formula is C35H38ClF2N7O3. The van der Waals surface area contributed by atoms with Gasteiger partial charge in [0.2, 0.25) is 6.54 Å². The number of carbonyl (C=O) groups excluding carboxylic acids is 1. The molecule has 2 aromatic carbocycles. The zero-order valence-electron chi connectivity index (χ0n) is 26.9. The number of rotatable bonds is 8. The van der Waals surface area contributed by atoms with Crippen LogP contribution < -0.4 is 14.5 Å². The number of hydrogen-bond donors (Lipinski definition) is 0. The minimum Gasteiger partial charge on any atom is -0.461 e. The number of benzene rings is 2. The molecule has 2 unspecified atom stereocenters. The van der Waals surface area contributed by atoms with Gasteiger partial charge in [-0.25, -0.2) is 15.4 Å². The van der Waals surface area contributed by atoms with E-state index in [2.05, 4.69) is 26.1 Å². The lowest BCUT2D eigenvalue weighted by atomic mass is 9.94. The molecule has 1 aromatic heterocycles. The van der Waals surface area contributed by atoms with Gasteiger partial charge in [-0.15, -0.1) is 0 Å². The van der Waals surface area contributed by atoms with Crippen molar-refractivity contribution in [1.29, 1.82) is 0 Å². The quantitative estimate of drug-likeness (QED) is 0.243. The molecule has 7 rings (SSSR count). The lowest BCUT2D eigenvalue weighted by molar-refractivity contribution is -0.131. The molecule has 0 saturated carbocycles. The molecular weight excluding hydrogens is 640 g/mol. The first-order valence-electron chi connectivity index (χ1n) is 16.4. The van der Waals surface area contributed by atoms with Crippen molar-refractivity contribution in [1.82, 2.24) is 19.8 Å². The lowest BCUT2D eigenvalue weighted by Gasteiger charge is -2.41. The molecule has 0 radical (unpaired) electrons. The molecule has 3 aromatic rings. The second kappa shape index (κ2) is 13.1. The molecule has 0 bridgehead atoms. The van der Waals surface area contributed by atoms with Crippen molar-refractivity contribution in [3.8, 4) is 6.01 Å². The number of nitrogens with zero attached hydrogens (tertiary/aromatic N) is 7. The fourth-order valence-corrected chi connectivity index (χ4v) is 8.30. The van der Waals surface area contributed by atoms with Gasteiger partial charge in [-0.1, -0.05) is 36.4 Å². The van der Waals surface area contributed by atoms with E-state index in [4.69, 9.17) is 37.6 Å². The van der Waals surface area contributed by atoms with Gasteiger partial charge >= 0.3 is 6.01 Å². The van der Waals surface area contributed by atoms with Gasteiger partial charge < -0.3 is 29.0 Å². The Balaban J connectivity index is 1.23. The Labute approximate surface area is 283 Å². The van der Waals surface area contributed by atoms with Crippen LogP contribution in [-0.4, -0.2) is 103 Å². The number of methoxy groups -OCH3 is 1. The summed E-state index contributed by atoms with van der Waals surface area (Å²) in [5.74, 6) is -1.60. The fourth-order valence-electron chi connectivity index (χ4n) is 8.03. The Hall–Kier alpha value is -4.05. The topological polar surface area (TPSA) is 78.6 Å². The van der Waals surface area contributed by atoms with Gasteiger partial charge in [0.1, 0.15) is 24.3 Å². The van der Waals surface area contributed by atoms with Gasteiger partial charge in [-0.3, -0.25) is 9.69 Å². The number of piperazine rings is 1. The average Bonchev–Trinajstić information content (AvgIpc) is 3.65. The largest absolute Gasteiger partial charge is 0.461 e. The third-order valence-electron chi connectivity index (χ3n) is 10.4. The number of carbonyl (C=O) groups is 1. The van der Waals surface area contributed by atoms with Gasteiger partial charge in [0.05, 0.1) is 28.9 Å². The highest BCUT2D eigenvalue weighted by atomic mass is 35.5. The summed E-state index contributed by atoms with van der Waals surface area (Å²) in [4.78, 5) is 34.1. The van der Waals surface area contributed by atoms with Crippen molar-refractivity contribution < 1.29 is 23.0 Å². The van der Waals surface area contributed by atoms with Crippen molar-refractivity contribution in [3.63, 3.8) is 0 Å². The van der Waals surface area contributed by atoms with Crippen LogP contribution in [0.15, 0.2) is 42.7 Å². The maximum atomic E-state index is 14.6. The van der Waals surface area contributed by atoms with Crippen LogP contribution in [0.3, 0.4) is 0 Å². The van der Waals surface area contributed by atoms with Crippen molar-refractivity contribution >= 4 is 39.8 Å². The summed E-state index contributed by atoms with van der Waals surface area (Å²) >= 11 is 6.52. The second-order valence-electron chi connectivity index (χ2n) is 13.1. The minimum absolute atomic E-state index is 0.0251. The third-order valence-corrected chi connectivity index (χ3v) is 10.8. The second-order valence-corrected chi connectivity index (χ2v) is 13.5. The number of anilines is 2. The van der Waals surface area contributed by atoms with Gasteiger partial charge in [-0.05, 0) is 49.7 Å². The number of halogens is 3. The third kappa shape index (κ3) is 5.82. The Morgan fingerprint density at radius 1 is 1.17 bits per heavy atom. The molecule has 3 saturated heterocycles. The van der Waals surface area contributed by atoms with Crippen molar-refractivity contribution in [3.05, 3.63) is 76.3 Å². The van der Waals surface area contributed by atoms with Crippen molar-refractivity contribution in [2.45, 2.75) is 49.9 Å². The van der Waals surface area contributed by atoms with Crippen LogP contribution in [0.5, 0.6) is 6.01 Å². The van der Waals surface area contributed by atoms with Gasteiger partial charge in [0.15, 0.2) is 5.83 Å². The smallest absolute Gasteiger partial charge is 0.318 e. The Morgan fingerprint density at radius 2 is 2.02 bits per heavy atom. The molecule has 4 aliphatic rings. The fraction of sp³-hybridized carbons (Fsp3) is 0.486. The standard InChI is InChI=1S/C35H38ClF2N7O3/c1-22(37)33(46)45-15-14-43(18-24(45)17-39-2)32-26-10-13-42(29-7-4-6-23-8-9-27(38)31(36)30(23)29)20-28(26)40-34(41-32)48-21-35-11-5-12-44(35)19-25(16-35)47-3/h4,6-9,24-25H,1,5,10-21H2,3H3/t24-,25?,35?/m0/s1. The summed E-state index contributed by atoms with van der Waals surface area (Å²) in [7, 11) is 1.75. The van der Waals surface area contributed by atoms with E-state index in [1.807, 2.05) is 18.2 Å². The molecule has 13 heteroatoms. The first-order valence-corrected chi connectivity index (χ1v) is 16.7. The molecule has 5 heterocycles. The normalized spacial score (nSPS) is 24.0. The van der Waals surface area contributed by atoms with Crippen LogP contribution in [0.1, 0.15) is 30.5 Å². The lowest BCUT2D eigenvalue weighted by Crippen LogP contribution is -2.57. The van der Waals surface area contributed by atoms with Gasteiger partial charge in [-0.2, -0.15) is 9.97 Å². The summed E-state index contributed by atoms with van der Waals surface area (Å²) in [5.41, 5.74) is 2.41. The van der Waals surface area contributed by atoms with E-state index in [0.717, 1.165) is 54.7 Å². The average molecular weight is 678 g/mol. The van der Waals surface area contributed by atoms with Crippen LogP contribution in [0.2, 0.25) is 5.02 Å². The highest BCUT2D eigenvalue weighted by Crippen LogP contribution is 2.41. The monoisotopic (exact) mass is 677 g/mol. The predicted octanol–water partition coefficient (Wildman–Crippen LogP) is 5.04. The van der Waals surface area contributed by atoms with Gasteiger partial charge in [0.25, 0.3) is 5.91 Å². The molecule has 1 amide bonds. The molecule has 0 N–H and O–H groups in total. The summed E-state index contributed by atoms with van der Waals surface area (Å²) in [6.07, 6.45) is 3.72. The van der Waals surface area contributed by atoms with E-state index < -0.39 is 23.6 Å². The number of ether oxygens (including phenoxy) is 2. The maximum absolute atomic E-state index is 14.6. The summed E-state index contributed by atoms with van der Waals surface area (Å²) < 4.78 is 40.7. The Kier molecular flexibility index (Phi) is 8.87. The van der Waals surface area contributed by atoms with E-state index in [1.165, 1.54) is 11.0 Å². The van der Waals surface area contributed by atoms with Crippen molar-refractivity contribution in [2.24, 2.45) is 0 Å². The molecule has 3 fully saturated rings. The maximum Gasteiger partial charge on any atom is 0.318 e. The van der Waals surface area contributed by atoms with Crippen LogP contribution in [0.4, 0.5) is 20.3 Å². The first kappa shape index (κ1) is 32.5. The van der Waals surface area contributed by atoms with Gasteiger partial charge in [0, 0.05) is 56.5 Å². The van der Waals surface area contributed by atoms with E-state index >= 15 is 0 Å². The van der Waals surface area contributed by atoms with E-state index in [-0.39, 0.29) is 35.8 Å². The van der Waals surface area contributed by atoms with E-state index in [9.17, 15) is 13.6 Å². The highest BCUT2D eigenvalue weighted by molar-refractivity contribution is 6.36. The molecule has 252 valence electrons. The van der Waals surface area contributed by atoms with Crippen LogP contribution >= 0.6 is 11.6 Å². The Bertz CT molecular complexity index is 1800. The summed E-state index contributed by atoms with van der Waals surface area (Å²) in [6, 6.07) is 8.64. The number of fused-ring (bicyclic) bond motifs is 3. The molecule has 48 heavy (non-hydrogen) atoms. The zero-order chi connectivity index (χ0) is 33.6. The van der Waals surface area contributed by atoms with E-state index in [0.29, 0.717) is 50.4 Å². The zero-order valence-corrected chi connectivity index (χ0v) is 27.7. The minimum atomic E-state index is -1.04. The Morgan fingerprint density at radius 3 is 2.81 bits per heavy atom. The summed E-state index contributed by atoms with van der Waals surface area (Å²) in [6.45, 7) is 15.0. The van der Waals surface area contributed by atoms with Crippen molar-refractivity contribution in [2.75, 3.05) is 69.3 Å².